The number of hydrogen-bond donors (Lipinski definition) is 2. The Kier molecular flexibility index (Phi) is 3.99. The van der Waals surface area contributed by atoms with Gasteiger partial charge in [0, 0.05) is 18.8 Å². The number of aryl methyl sites for hydroxylation is 1. The molecule has 1 aromatic carbocycles. The number of para-hydroxylation sites is 1. The van der Waals surface area contributed by atoms with Gasteiger partial charge in [-0.3, -0.25) is 9.48 Å². The summed E-state index contributed by atoms with van der Waals surface area (Å²) in [5.74, 6) is -0.125. The number of hydrazone groups is 1. The molecule has 2 rings (SSSR count). The number of amides is 1. The SMILES string of the molecule is COc1cccc(/C=N/NC(=O)c2ccn(C)n2)c1O. The molecule has 1 amide bonds. The molecule has 1 aromatic heterocycles. The normalized spacial score (nSPS) is 10.7. The summed E-state index contributed by atoms with van der Waals surface area (Å²) < 4.78 is 6.49. The number of phenols is 1. The summed E-state index contributed by atoms with van der Waals surface area (Å²) in [6.45, 7) is 0. The van der Waals surface area contributed by atoms with Gasteiger partial charge in [-0.15, -0.1) is 0 Å². The number of nitrogens with zero attached hydrogens (tertiary/aromatic N) is 3. The molecule has 0 bridgehead atoms. The topological polar surface area (TPSA) is 88.7 Å². The Bertz CT molecular complexity index is 649. The van der Waals surface area contributed by atoms with Crippen LogP contribution in [-0.4, -0.2) is 34.1 Å². The molecule has 7 nitrogen and oxygen atoms in total. The summed E-state index contributed by atoms with van der Waals surface area (Å²) in [6.07, 6.45) is 2.99. The lowest BCUT2D eigenvalue weighted by Gasteiger charge is -2.04. The highest BCUT2D eigenvalue weighted by Gasteiger charge is 2.08. The van der Waals surface area contributed by atoms with Crippen molar-refractivity contribution in [3.05, 3.63) is 41.7 Å². The number of phenolic OH excluding ortho intramolecular Hbond substituents is 1. The summed E-state index contributed by atoms with van der Waals surface area (Å²) >= 11 is 0. The first-order valence-corrected chi connectivity index (χ1v) is 5.81. The molecular formula is C13H14N4O3. The Morgan fingerprint density at radius 1 is 1.50 bits per heavy atom. The van der Waals surface area contributed by atoms with Crippen LogP contribution in [0.25, 0.3) is 0 Å². The second-order valence-corrected chi connectivity index (χ2v) is 3.97. The van der Waals surface area contributed by atoms with Gasteiger partial charge in [0.25, 0.3) is 5.91 Å². The van der Waals surface area contributed by atoms with Crippen LogP contribution in [0, 0.1) is 0 Å². The Balaban J connectivity index is 2.05. The van der Waals surface area contributed by atoms with Gasteiger partial charge in [0.2, 0.25) is 0 Å². The monoisotopic (exact) mass is 274 g/mol. The molecule has 2 aromatic rings. The molecule has 7 heteroatoms. The zero-order valence-electron chi connectivity index (χ0n) is 11.1. The standard InChI is InChI=1S/C13H14N4O3/c1-17-7-6-10(16-17)13(19)15-14-8-9-4-3-5-11(20-2)12(9)18/h3-8,18H,1-2H3,(H,15,19)/b14-8+. The van der Waals surface area contributed by atoms with Crippen molar-refractivity contribution in [3.63, 3.8) is 0 Å². The van der Waals surface area contributed by atoms with Crippen LogP contribution in [-0.2, 0) is 7.05 Å². The molecule has 0 aliphatic heterocycles. The van der Waals surface area contributed by atoms with Gasteiger partial charge in [-0.25, -0.2) is 5.43 Å². The largest absolute Gasteiger partial charge is 0.504 e. The number of carbonyl (C=O) groups is 1. The smallest absolute Gasteiger partial charge is 0.291 e. The third kappa shape index (κ3) is 2.94. The minimum absolute atomic E-state index is 0.0363. The lowest BCUT2D eigenvalue weighted by Crippen LogP contribution is -2.18. The number of methoxy groups -OCH3 is 1. The zero-order chi connectivity index (χ0) is 14.5. The van der Waals surface area contributed by atoms with E-state index in [9.17, 15) is 9.90 Å². The molecule has 0 spiro atoms. The van der Waals surface area contributed by atoms with Crippen molar-refractivity contribution in [2.75, 3.05) is 7.11 Å². The van der Waals surface area contributed by atoms with E-state index in [4.69, 9.17) is 4.74 Å². The predicted molar refractivity (Wildman–Crippen MR) is 72.9 cm³/mol. The summed E-state index contributed by atoms with van der Waals surface area (Å²) in [6, 6.07) is 6.56. The first kappa shape index (κ1) is 13.6. The molecule has 0 unspecified atom stereocenters. The molecule has 0 saturated heterocycles. The maximum absolute atomic E-state index is 11.7. The van der Waals surface area contributed by atoms with Crippen LogP contribution in [0.1, 0.15) is 16.1 Å². The number of aromatic nitrogens is 2. The Hall–Kier alpha value is -2.83. The number of carbonyl (C=O) groups excluding carboxylic acids is 1. The van der Waals surface area contributed by atoms with E-state index < -0.39 is 5.91 Å². The molecule has 1 heterocycles. The predicted octanol–water partition coefficient (Wildman–Crippen LogP) is 0.898. The fourth-order valence-corrected chi connectivity index (χ4v) is 1.56. The summed E-state index contributed by atoms with van der Waals surface area (Å²) in [5.41, 5.74) is 3.03. The van der Waals surface area contributed by atoms with Crippen LogP contribution in [0.4, 0.5) is 0 Å². The van der Waals surface area contributed by atoms with Crippen LogP contribution in [0.5, 0.6) is 11.5 Å². The number of nitrogens with one attached hydrogen (secondary N) is 1. The van der Waals surface area contributed by atoms with Gasteiger partial charge in [0.05, 0.1) is 13.3 Å². The maximum Gasteiger partial charge on any atom is 0.291 e. The van der Waals surface area contributed by atoms with Crippen molar-refractivity contribution < 1.29 is 14.6 Å². The lowest BCUT2D eigenvalue weighted by atomic mass is 10.2. The number of ether oxygens (including phenoxy) is 1. The van der Waals surface area contributed by atoms with Gasteiger partial charge in [-0.1, -0.05) is 6.07 Å². The number of hydrogen-bond acceptors (Lipinski definition) is 5. The second kappa shape index (κ2) is 5.87. The molecule has 0 radical (unpaired) electrons. The summed E-state index contributed by atoms with van der Waals surface area (Å²) in [7, 11) is 3.17. The van der Waals surface area contributed by atoms with Crippen LogP contribution < -0.4 is 10.2 Å². The number of rotatable bonds is 4. The van der Waals surface area contributed by atoms with Gasteiger partial charge < -0.3 is 9.84 Å². The van der Waals surface area contributed by atoms with Crippen molar-refractivity contribution in [3.8, 4) is 11.5 Å². The average molecular weight is 274 g/mol. The molecule has 0 aliphatic carbocycles. The van der Waals surface area contributed by atoms with Crippen LogP contribution in [0.15, 0.2) is 35.6 Å². The van der Waals surface area contributed by atoms with E-state index in [1.165, 1.54) is 18.0 Å². The third-order valence-corrected chi connectivity index (χ3v) is 2.57. The maximum atomic E-state index is 11.7. The quantitative estimate of drug-likeness (QED) is 0.640. The minimum atomic E-state index is -0.427. The van der Waals surface area contributed by atoms with E-state index in [0.29, 0.717) is 11.3 Å². The fourth-order valence-electron chi connectivity index (χ4n) is 1.56. The van der Waals surface area contributed by atoms with E-state index in [2.05, 4.69) is 15.6 Å². The van der Waals surface area contributed by atoms with Gasteiger partial charge in [-0.2, -0.15) is 10.2 Å². The van der Waals surface area contributed by atoms with Crippen molar-refractivity contribution in [1.82, 2.24) is 15.2 Å². The van der Waals surface area contributed by atoms with Crippen molar-refractivity contribution >= 4 is 12.1 Å². The first-order chi connectivity index (χ1) is 9.61. The molecule has 0 aliphatic rings. The highest BCUT2D eigenvalue weighted by atomic mass is 16.5. The Morgan fingerprint density at radius 3 is 2.95 bits per heavy atom. The van der Waals surface area contributed by atoms with Gasteiger partial charge >= 0.3 is 0 Å². The highest BCUT2D eigenvalue weighted by molar-refractivity contribution is 5.93. The van der Waals surface area contributed by atoms with E-state index >= 15 is 0 Å². The summed E-state index contributed by atoms with van der Waals surface area (Å²) in [4.78, 5) is 11.7. The molecule has 0 saturated carbocycles. The number of aromatic hydroxyl groups is 1. The van der Waals surface area contributed by atoms with Crippen LogP contribution in [0.2, 0.25) is 0 Å². The first-order valence-electron chi connectivity index (χ1n) is 5.81. The molecule has 2 N–H and O–H groups in total. The molecule has 104 valence electrons. The lowest BCUT2D eigenvalue weighted by molar-refractivity contribution is 0.0949. The van der Waals surface area contributed by atoms with Crippen molar-refractivity contribution in [1.29, 1.82) is 0 Å². The third-order valence-electron chi connectivity index (χ3n) is 2.57. The molecule has 20 heavy (non-hydrogen) atoms. The second-order valence-electron chi connectivity index (χ2n) is 3.97. The minimum Gasteiger partial charge on any atom is -0.504 e. The molecule has 0 atom stereocenters. The van der Waals surface area contributed by atoms with Crippen molar-refractivity contribution in [2.24, 2.45) is 12.1 Å². The Morgan fingerprint density at radius 2 is 2.30 bits per heavy atom. The van der Waals surface area contributed by atoms with Crippen LogP contribution >= 0.6 is 0 Å². The van der Waals surface area contributed by atoms with E-state index in [0.717, 1.165) is 0 Å². The summed E-state index contributed by atoms with van der Waals surface area (Å²) in [5, 5.41) is 17.5. The van der Waals surface area contributed by atoms with Gasteiger partial charge in [0.15, 0.2) is 17.2 Å². The average Bonchev–Trinajstić information content (AvgIpc) is 2.87. The van der Waals surface area contributed by atoms with E-state index in [-0.39, 0.29) is 11.4 Å². The van der Waals surface area contributed by atoms with Crippen molar-refractivity contribution in [2.45, 2.75) is 0 Å². The fraction of sp³-hybridized carbons (Fsp3) is 0.154. The van der Waals surface area contributed by atoms with E-state index in [1.807, 2.05) is 0 Å². The van der Waals surface area contributed by atoms with Gasteiger partial charge in [0.1, 0.15) is 0 Å². The zero-order valence-corrected chi connectivity index (χ0v) is 11.1. The highest BCUT2D eigenvalue weighted by Crippen LogP contribution is 2.27. The van der Waals surface area contributed by atoms with Gasteiger partial charge in [-0.05, 0) is 18.2 Å². The van der Waals surface area contributed by atoms with E-state index in [1.54, 1.807) is 37.5 Å². The molecule has 0 fully saturated rings. The van der Waals surface area contributed by atoms with Crippen LogP contribution in [0.3, 0.4) is 0 Å². The molecular weight excluding hydrogens is 260 g/mol. The Labute approximate surface area is 115 Å². The number of benzene rings is 1.